The molecule has 3 heterocycles. The molecule has 1 aromatic rings. The summed E-state index contributed by atoms with van der Waals surface area (Å²) in [5.41, 5.74) is 2.65. The van der Waals surface area contributed by atoms with Crippen LogP contribution in [0.3, 0.4) is 0 Å². The second-order valence-electron chi connectivity index (χ2n) is 7.72. The van der Waals surface area contributed by atoms with Crippen LogP contribution in [0.5, 0.6) is 0 Å². The Balaban J connectivity index is 1.49. The molecule has 0 radical (unpaired) electrons. The third-order valence-corrected chi connectivity index (χ3v) is 5.96. The number of carbonyl (C=O) groups is 3. The van der Waals surface area contributed by atoms with Gasteiger partial charge in [0, 0.05) is 37.2 Å². The van der Waals surface area contributed by atoms with Crippen molar-refractivity contribution in [1.82, 2.24) is 20.9 Å². The monoisotopic (exact) mass is 370 g/mol. The van der Waals surface area contributed by atoms with Crippen molar-refractivity contribution in [1.29, 1.82) is 0 Å². The molecule has 7 heteroatoms. The number of piperidine rings is 2. The Morgan fingerprint density at radius 1 is 1.22 bits per heavy atom. The first-order valence-corrected chi connectivity index (χ1v) is 9.77. The topological polar surface area (TPSA) is 90.5 Å². The van der Waals surface area contributed by atoms with E-state index >= 15 is 0 Å². The van der Waals surface area contributed by atoms with Gasteiger partial charge < -0.3 is 15.5 Å². The maximum Gasteiger partial charge on any atom is 0.255 e. The minimum Gasteiger partial charge on any atom is -0.322 e. The van der Waals surface area contributed by atoms with Crippen molar-refractivity contribution in [3.63, 3.8) is 0 Å². The predicted molar refractivity (Wildman–Crippen MR) is 99.8 cm³/mol. The summed E-state index contributed by atoms with van der Waals surface area (Å²) < 4.78 is 0. The van der Waals surface area contributed by atoms with Gasteiger partial charge in [-0.15, -0.1) is 0 Å². The van der Waals surface area contributed by atoms with Crippen molar-refractivity contribution in [3.8, 4) is 0 Å². The molecule has 3 atom stereocenters. The number of fused-ring (bicyclic) bond motifs is 1. The molecule has 3 amide bonds. The molecule has 3 aliphatic heterocycles. The normalized spacial score (nSPS) is 28.3. The number of hydrogen-bond donors (Lipinski definition) is 3. The summed E-state index contributed by atoms with van der Waals surface area (Å²) >= 11 is 0. The van der Waals surface area contributed by atoms with Crippen LogP contribution in [-0.4, -0.2) is 47.3 Å². The summed E-state index contributed by atoms with van der Waals surface area (Å²) in [5.74, 6) is -0.735. The van der Waals surface area contributed by atoms with Crippen LogP contribution in [-0.2, 0) is 22.7 Å². The maximum absolute atomic E-state index is 13.1. The highest BCUT2D eigenvalue weighted by Gasteiger charge is 2.40. The molecule has 0 saturated carbocycles. The van der Waals surface area contributed by atoms with Gasteiger partial charge in [0.05, 0.1) is 0 Å². The minimum atomic E-state index is -0.564. The largest absolute Gasteiger partial charge is 0.322 e. The standard InChI is InChI=1S/C20H26N4O3/c1-12-15(6-3-9-21-12)22-10-13-4-2-5-14-11-24(20(27)18(13)14)16-7-8-17(25)23-19(16)26/h2,4-5,12,15-16,21-22H,3,6-11H2,1H3,(H,23,25,26). The first-order chi connectivity index (χ1) is 13.0. The van der Waals surface area contributed by atoms with Gasteiger partial charge in [-0.25, -0.2) is 0 Å². The van der Waals surface area contributed by atoms with Crippen molar-refractivity contribution in [2.75, 3.05) is 6.54 Å². The van der Waals surface area contributed by atoms with Gasteiger partial charge in [0.25, 0.3) is 5.91 Å². The average molecular weight is 370 g/mol. The van der Waals surface area contributed by atoms with Gasteiger partial charge in [-0.05, 0) is 43.9 Å². The lowest BCUT2D eigenvalue weighted by Gasteiger charge is -2.31. The van der Waals surface area contributed by atoms with Gasteiger partial charge in [0.2, 0.25) is 11.8 Å². The SMILES string of the molecule is CC1NCCCC1NCc1cccc2c1C(=O)N(C1CCC(=O)NC1=O)C2. The van der Waals surface area contributed by atoms with Crippen LogP contribution in [0.15, 0.2) is 18.2 Å². The van der Waals surface area contributed by atoms with Gasteiger partial charge in [-0.3, -0.25) is 19.7 Å². The highest BCUT2D eigenvalue weighted by molar-refractivity contribution is 6.05. The lowest BCUT2D eigenvalue weighted by atomic mass is 9.98. The summed E-state index contributed by atoms with van der Waals surface area (Å²) in [6.45, 7) is 4.30. The third kappa shape index (κ3) is 3.49. The zero-order valence-corrected chi connectivity index (χ0v) is 15.6. The number of amides is 3. The summed E-state index contributed by atoms with van der Waals surface area (Å²) in [6, 6.07) is 6.14. The van der Waals surface area contributed by atoms with Crippen molar-refractivity contribution in [3.05, 3.63) is 34.9 Å². The summed E-state index contributed by atoms with van der Waals surface area (Å²) in [5, 5.41) is 9.42. The highest BCUT2D eigenvalue weighted by atomic mass is 16.2. The fraction of sp³-hybridized carbons (Fsp3) is 0.550. The van der Waals surface area contributed by atoms with E-state index in [0.29, 0.717) is 37.2 Å². The number of nitrogens with one attached hydrogen (secondary N) is 3. The molecule has 3 N–H and O–H groups in total. The molecule has 0 bridgehead atoms. The van der Waals surface area contributed by atoms with Crippen LogP contribution in [0.25, 0.3) is 0 Å². The van der Waals surface area contributed by atoms with Crippen LogP contribution in [0.4, 0.5) is 0 Å². The quantitative estimate of drug-likeness (QED) is 0.678. The molecular formula is C20H26N4O3. The molecule has 3 unspecified atom stereocenters. The molecule has 7 nitrogen and oxygen atoms in total. The van der Waals surface area contributed by atoms with E-state index in [4.69, 9.17) is 0 Å². The zero-order valence-electron chi connectivity index (χ0n) is 15.6. The molecule has 2 fully saturated rings. The number of benzene rings is 1. The Hall–Kier alpha value is -2.25. The summed E-state index contributed by atoms with van der Waals surface area (Å²) in [4.78, 5) is 38.3. The number of hydrogen-bond acceptors (Lipinski definition) is 5. The molecule has 2 saturated heterocycles. The van der Waals surface area contributed by atoms with E-state index in [2.05, 4.69) is 22.9 Å². The van der Waals surface area contributed by atoms with Crippen LogP contribution in [0.1, 0.15) is 54.1 Å². The Bertz CT molecular complexity index is 778. The van der Waals surface area contributed by atoms with E-state index in [-0.39, 0.29) is 24.1 Å². The Kier molecular flexibility index (Phi) is 4.97. The van der Waals surface area contributed by atoms with Crippen LogP contribution in [0.2, 0.25) is 0 Å². The van der Waals surface area contributed by atoms with Crippen molar-refractivity contribution in [2.45, 2.75) is 63.8 Å². The molecule has 27 heavy (non-hydrogen) atoms. The number of rotatable bonds is 4. The fourth-order valence-electron chi connectivity index (χ4n) is 4.40. The number of carbonyl (C=O) groups excluding carboxylic acids is 3. The van der Waals surface area contributed by atoms with Crippen LogP contribution >= 0.6 is 0 Å². The Morgan fingerprint density at radius 3 is 2.85 bits per heavy atom. The average Bonchev–Trinajstić information content (AvgIpc) is 2.98. The smallest absolute Gasteiger partial charge is 0.255 e. The zero-order chi connectivity index (χ0) is 19.0. The van der Waals surface area contributed by atoms with Gasteiger partial charge in [-0.1, -0.05) is 18.2 Å². The van der Waals surface area contributed by atoms with E-state index < -0.39 is 6.04 Å². The summed E-state index contributed by atoms with van der Waals surface area (Å²) in [6.07, 6.45) is 2.94. The van der Waals surface area contributed by atoms with E-state index in [1.54, 1.807) is 4.90 Å². The van der Waals surface area contributed by atoms with Crippen LogP contribution < -0.4 is 16.0 Å². The number of nitrogens with zero attached hydrogens (tertiary/aromatic N) is 1. The van der Waals surface area contributed by atoms with Crippen molar-refractivity contribution >= 4 is 17.7 Å². The molecule has 4 rings (SSSR count). The predicted octanol–water partition coefficient (Wildman–Crippen LogP) is 0.678. The summed E-state index contributed by atoms with van der Waals surface area (Å²) in [7, 11) is 0. The molecule has 0 aliphatic carbocycles. The lowest BCUT2D eigenvalue weighted by molar-refractivity contribution is -0.136. The molecular weight excluding hydrogens is 344 g/mol. The molecule has 1 aromatic carbocycles. The third-order valence-electron chi connectivity index (χ3n) is 5.96. The Labute approximate surface area is 158 Å². The Morgan fingerprint density at radius 2 is 2.07 bits per heavy atom. The van der Waals surface area contributed by atoms with Crippen molar-refractivity contribution in [2.24, 2.45) is 0 Å². The molecule has 0 spiro atoms. The first kappa shape index (κ1) is 18.1. The van der Waals surface area contributed by atoms with E-state index in [1.807, 2.05) is 18.2 Å². The lowest BCUT2D eigenvalue weighted by Crippen LogP contribution is -2.52. The second kappa shape index (κ2) is 7.40. The molecule has 0 aromatic heterocycles. The first-order valence-electron chi connectivity index (χ1n) is 9.77. The maximum atomic E-state index is 13.1. The minimum absolute atomic E-state index is 0.105. The van der Waals surface area contributed by atoms with E-state index in [9.17, 15) is 14.4 Å². The second-order valence-corrected chi connectivity index (χ2v) is 7.72. The van der Waals surface area contributed by atoms with Gasteiger partial charge >= 0.3 is 0 Å². The molecule has 144 valence electrons. The van der Waals surface area contributed by atoms with Gasteiger partial charge in [0.15, 0.2) is 0 Å². The van der Waals surface area contributed by atoms with E-state index in [1.165, 1.54) is 0 Å². The van der Waals surface area contributed by atoms with Gasteiger partial charge in [0.1, 0.15) is 6.04 Å². The van der Waals surface area contributed by atoms with Crippen LogP contribution in [0, 0.1) is 0 Å². The molecule has 3 aliphatic rings. The van der Waals surface area contributed by atoms with Crippen molar-refractivity contribution < 1.29 is 14.4 Å². The van der Waals surface area contributed by atoms with E-state index in [0.717, 1.165) is 30.5 Å². The highest BCUT2D eigenvalue weighted by Crippen LogP contribution is 2.30. The fourth-order valence-corrected chi connectivity index (χ4v) is 4.40. The number of imide groups is 1. The van der Waals surface area contributed by atoms with Gasteiger partial charge in [-0.2, -0.15) is 0 Å².